The summed E-state index contributed by atoms with van der Waals surface area (Å²) in [5.41, 5.74) is 4.37. The van der Waals surface area contributed by atoms with E-state index in [1.165, 1.54) is 12.1 Å². The summed E-state index contributed by atoms with van der Waals surface area (Å²) in [6.07, 6.45) is 2.45. The van der Waals surface area contributed by atoms with Crippen LogP contribution in [-0.2, 0) is 6.42 Å². The number of halogens is 1. The number of rotatable bonds is 3. The summed E-state index contributed by atoms with van der Waals surface area (Å²) in [7, 11) is 0. The van der Waals surface area contributed by atoms with Crippen LogP contribution in [0.4, 0.5) is 4.39 Å². The Morgan fingerprint density at radius 2 is 1.67 bits per heavy atom. The van der Waals surface area contributed by atoms with Gasteiger partial charge in [-0.3, -0.25) is 0 Å². The topological polar surface area (TPSA) is 50.4 Å². The summed E-state index contributed by atoms with van der Waals surface area (Å²) in [5, 5.41) is 14.0. The van der Waals surface area contributed by atoms with E-state index in [-0.39, 0.29) is 11.6 Å². The van der Waals surface area contributed by atoms with Crippen LogP contribution in [0.5, 0.6) is 5.75 Å². The number of phenols is 1. The second kappa shape index (κ2) is 5.77. The van der Waals surface area contributed by atoms with Gasteiger partial charge in [0.1, 0.15) is 11.6 Å². The van der Waals surface area contributed by atoms with E-state index in [1.807, 2.05) is 24.3 Å². The molecular weight excluding hydrogens is 305 g/mol. The number of nitrogens with zero attached hydrogens (tertiary/aromatic N) is 3. The maximum absolute atomic E-state index is 13.1. The SMILES string of the molecule is Oc1ccc(Cc2cnc3ccc(-c4ccc(F)cc4)nn23)cc1. The molecule has 5 heteroatoms. The standard InChI is InChI=1S/C19H14FN3O/c20-15-5-3-14(4-6-15)18-9-10-19-21-12-16(23(19)22-18)11-13-1-7-17(24)8-2-13/h1-10,12,24H,11H2. The van der Waals surface area contributed by atoms with E-state index >= 15 is 0 Å². The van der Waals surface area contributed by atoms with Crippen LogP contribution in [0.1, 0.15) is 11.3 Å². The van der Waals surface area contributed by atoms with Gasteiger partial charge in [-0.05, 0) is 54.1 Å². The highest BCUT2D eigenvalue weighted by Gasteiger charge is 2.08. The monoisotopic (exact) mass is 319 g/mol. The Labute approximate surface area is 137 Å². The minimum Gasteiger partial charge on any atom is -0.508 e. The number of aromatic hydroxyl groups is 1. The predicted octanol–water partition coefficient (Wildman–Crippen LogP) is 3.83. The molecular formula is C19H14FN3O. The molecule has 1 N–H and O–H groups in total. The molecule has 118 valence electrons. The third-order valence-electron chi connectivity index (χ3n) is 3.89. The fourth-order valence-electron chi connectivity index (χ4n) is 2.64. The smallest absolute Gasteiger partial charge is 0.153 e. The first-order chi connectivity index (χ1) is 11.7. The van der Waals surface area contributed by atoms with Crippen molar-refractivity contribution in [2.45, 2.75) is 6.42 Å². The number of phenolic OH excluding ortho intramolecular Hbond substituents is 1. The Morgan fingerprint density at radius 3 is 2.42 bits per heavy atom. The molecule has 0 aliphatic rings. The molecule has 0 saturated heterocycles. The number of fused-ring (bicyclic) bond motifs is 1. The van der Waals surface area contributed by atoms with Crippen molar-refractivity contribution in [3.05, 3.63) is 83.9 Å². The van der Waals surface area contributed by atoms with Crippen LogP contribution in [-0.4, -0.2) is 19.7 Å². The van der Waals surface area contributed by atoms with Crippen LogP contribution in [0.25, 0.3) is 16.9 Å². The molecule has 0 aliphatic carbocycles. The molecule has 0 fully saturated rings. The van der Waals surface area contributed by atoms with Crippen molar-refractivity contribution in [3.63, 3.8) is 0 Å². The first-order valence-corrected chi connectivity index (χ1v) is 7.56. The number of hydrogen-bond donors (Lipinski definition) is 1. The van der Waals surface area contributed by atoms with Crippen LogP contribution in [0, 0.1) is 5.82 Å². The first-order valence-electron chi connectivity index (χ1n) is 7.56. The maximum atomic E-state index is 13.1. The van der Waals surface area contributed by atoms with Crippen LogP contribution in [0.2, 0.25) is 0 Å². The van der Waals surface area contributed by atoms with Crippen molar-refractivity contribution in [3.8, 4) is 17.0 Å². The molecule has 0 aliphatic heterocycles. The molecule has 0 amide bonds. The van der Waals surface area contributed by atoms with Gasteiger partial charge < -0.3 is 5.11 Å². The minimum atomic E-state index is -0.268. The first kappa shape index (κ1) is 14.4. The maximum Gasteiger partial charge on any atom is 0.153 e. The van der Waals surface area contributed by atoms with Crippen molar-refractivity contribution in [1.82, 2.24) is 14.6 Å². The van der Waals surface area contributed by atoms with Gasteiger partial charge in [-0.2, -0.15) is 5.10 Å². The molecule has 0 radical (unpaired) electrons. The Balaban J connectivity index is 1.73. The van der Waals surface area contributed by atoms with Gasteiger partial charge in [-0.15, -0.1) is 0 Å². The molecule has 0 spiro atoms. The zero-order chi connectivity index (χ0) is 16.5. The number of hydrogen-bond acceptors (Lipinski definition) is 3. The van der Waals surface area contributed by atoms with Gasteiger partial charge in [0, 0.05) is 12.0 Å². The summed E-state index contributed by atoms with van der Waals surface area (Å²) in [6, 6.07) is 17.1. The molecule has 2 aromatic heterocycles. The Kier molecular flexibility index (Phi) is 3.46. The van der Waals surface area contributed by atoms with Crippen molar-refractivity contribution in [2.75, 3.05) is 0 Å². The van der Waals surface area contributed by atoms with Gasteiger partial charge in [0.25, 0.3) is 0 Å². The third kappa shape index (κ3) is 2.72. The molecule has 0 atom stereocenters. The fraction of sp³-hybridized carbons (Fsp3) is 0.0526. The Morgan fingerprint density at radius 1 is 0.917 bits per heavy atom. The molecule has 0 bridgehead atoms. The lowest BCUT2D eigenvalue weighted by atomic mass is 10.1. The van der Waals surface area contributed by atoms with Crippen LogP contribution < -0.4 is 0 Å². The summed E-state index contributed by atoms with van der Waals surface area (Å²) in [5.74, 6) is -0.0240. The van der Waals surface area contributed by atoms with E-state index in [0.717, 1.165) is 28.2 Å². The van der Waals surface area contributed by atoms with Crippen molar-refractivity contribution in [1.29, 1.82) is 0 Å². The zero-order valence-electron chi connectivity index (χ0n) is 12.7. The molecule has 0 saturated carbocycles. The lowest BCUT2D eigenvalue weighted by Crippen LogP contribution is -2.00. The highest BCUT2D eigenvalue weighted by atomic mass is 19.1. The van der Waals surface area contributed by atoms with Crippen LogP contribution >= 0.6 is 0 Å². The van der Waals surface area contributed by atoms with Crippen LogP contribution in [0.3, 0.4) is 0 Å². The summed E-state index contributed by atoms with van der Waals surface area (Å²) in [6.45, 7) is 0. The second-order valence-electron chi connectivity index (χ2n) is 5.59. The quantitative estimate of drug-likeness (QED) is 0.624. The van der Waals surface area contributed by atoms with E-state index in [2.05, 4.69) is 10.1 Å². The predicted molar refractivity (Wildman–Crippen MR) is 89.3 cm³/mol. The summed E-state index contributed by atoms with van der Waals surface area (Å²) in [4.78, 5) is 4.37. The van der Waals surface area contributed by atoms with Crippen LogP contribution in [0.15, 0.2) is 66.9 Å². The van der Waals surface area contributed by atoms with Gasteiger partial charge in [-0.25, -0.2) is 13.9 Å². The van der Waals surface area contributed by atoms with Gasteiger partial charge in [-0.1, -0.05) is 12.1 Å². The average molecular weight is 319 g/mol. The molecule has 0 unspecified atom stereocenters. The molecule has 4 aromatic rings. The summed E-state index contributed by atoms with van der Waals surface area (Å²) >= 11 is 0. The van der Waals surface area contributed by atoms with Gasteiger partial charge >= 0.3 is 0 Å². The van der Waals surface area contributed by atoms with Gasteiger partial charge in [0.05, 0.1) is 17.6 Å². The van der Waals surface area contributed by atoms with Crippen molar-refractivity contribution >= 4 is 5.65 Å². The van der Waals surface area contributed by atoms with Gasteiger partial charge in [0.2, 0.25) is 0 Å². The number of aromatic nitrogens is 3. The third-order valence-corrected chi connectivity index (χ3v) is 3.89. The molecule has 4 nitrogen and oxygen atoms in total. The van der Waals surface area contributed by atoms with E-state index < -0.39 is 0 Å². The highest BCUT2D eigenvalue weighted by molar-refractivity contribution is 5.60. The zero-order valence-corrected chi connectivity index (χ0v) is 12.7. The van der Waals surface area contributed by atoms with E-state index in [9.17, 15) is 9.50 Å². The number of benzene rings is 2. The Bertz CT molecular complexity index is 991. The molecule has 2 heterocycles. The van der Waals surface area contributed by atoms with E-state index in [1.54, 1.807) is 35.0 Å². The second-order valence-corrected chi connectivity index (χ2v) is 5.59. The van der Waals surface area contributed by atoms with E-state index in [0.29, 0.717) is 6.42 Å². The molecule has 2 aromatic carbocycles. The minimum absolute atomic E-state index is 0.244. The number of imidazole rings is 1. The highest BCUT2D eigenvalue weighted by Crippen LogP contribution is 2.20. The normalized spacial score (nSPS) is 11.0. The van der Waals surface area contributed by atoms with Crippen molar-refractivity contribution < 1.29 is 9.50 Å². The molecule has 24 heavy (non-hydrogen) atoms. The average Bonchev–Trinajstić information content (AvgIpc) is 3.00. The fourth-order valence-corrected chi connectivity index (χ4v) is 2.64. The molecule has 4 rings (SSSR count). The lowest BCUT2D eigenvalue weighted by Gasteiger charge is -2.05. The van der Waals surface area contributed by atoms with Gasteiger partial charge in [0.15, 0.2) is 5.65 Å². The lowest BCUT2D eigenvalue weighted by molar-refractivity contribution is 0.475. The Hall–Kier alpha value is -3.21. The van der Waals surface area contributed by atoms with Crippen molar-refractivity contribution in [2.24, 2.45) is 0 Å². The largest absolute Gasteiger partial charge is 0.508 e. The summed E-state index contributed by atoms with van der Waals surface area (Å²) < 4.78 is 14.9. The van der Waals surface area contributed by atoms with E-state index in [4.69, 9.17) is 0 Å².